The van der Waals surface area contributed by atoms with Crippen LogP contribution < -0.4 is 10.1 Å². The monoisotopic (exact) mass is 205 g/mol. The average Bonchev–Trinajstić information content (AvgIpc) is 2.14. The Balaban J connectivity index is 2.12. The van der Waals surface area contributed by atoms with Crippen LogP contribution in [0.1, 0.15) is 31.7 Å². The molecule has 0 saturated heterocycles. The van der Waals surface area contributed by atoms with Gasteiger partial charge in [0.2, 0.25) is 0 Å². The molecule has 1 aromatic carbocycles. The van der Waals surface area contributed by atoms with Gasteiger partial charge in [-0.15, -0.1) is 0 Å². The third-order valence-electron chi connectivity index (χ3n) is 2.90. The number of aryl methyl sites for hydroxylation is 1. The second-order valence-corrected chi connectivity index (χ2v) is 4.20. The first-order valence-electron chi connectivity index (χ1n) is 5.79. The van der Waals surface area contributed by atoms with E-state index < -0.39 is 0 Å². The van der Waals surface area contributed by atoms with E-state index in [4.69, 9.17) is 4.74 Å². The Hall–Kier alpha value is -1.18. The first-order chi connectivity index (χ1) is 7.29. The van der Waals surface area contributed by atoms with E-state index in [1.54, 1.807) is 0 Å². The van der Waals surface area contributed by atoms with Crippen LogP contribution in [0.4, 0.5) is 5.69 Å². The molecule has 0 bridgehead atoms. The molecular formula is C13H19NO. The average molecular weight is 205 g/mol. The van der Waals surface area contributed by atoms with Crippen molar-refractivity contribution in [2.24, 2.45) is 0 Å². The molecular weight excluding hydrogens is 186 g/mol. The Morgan fingerprint density at radius 3 is 2.80 bits per heavy atom. The lowest BCUT2D eigenvalue weighted by Crippen LogP contribution is -2.27. The molecule has 0 unspecified atom stereocenters. The molecule has 15 heavy (non-hydrogen) atoms. The molecule has 1 aromatic rings. The predicted molar refractivity (Wildman–Crippen MR) is 63.6 cm³/mol. The van der Waals surface area contributed by atoms with Crippen LogP contribution in [0, 0.1) is 6.92 Å². The van der Waals surface area contributed by atoms with Crippen LogP contribution in [0.2, 0.25) is 0 Å². The van der Waals surface area contributed by atoms with E-state index in [9.17, 15) is 0 Å². The number of hydrogen-bond acceptors (Lipinski definition) is 2. The maximum atomic E-state index is 5.62. The Bertz CT molecular complexity index is 331. The molecule has 0 aliphatic heterocycles. The molecule has 1 aliphatic rings. The molecule has 0 atom stereocenters. The molecule has 0 aromatic heterocycles. The van der Waals surface area contributed by atoms with Gasteiger partial charge in [0.1, 0.15) is 5.75 Å². The van der Waals surface area contributed by atoms with E-state index >= 15 is 0 Å². The zero-order chi connectivity index (χ0) is 10.7. The number of hydrogen-bond donors (Lipinski definition) is 1. The Labute approximate surface area is 91.6 Å². The van der Waals surface area contributed by atoms with Crippen LogP contribution >= 0.6 is 0 Å². The molecule has 2 heteroatoms. The number of ether oxygens (including phenoxy) is 1. The molecule has 1 aliphatic carbocycles. The summed E-state index contributed by atoms with van der Waals surface area (Å²) < 4.78 is 5.62. The van der Waals surface area contributed by atoms with Gasteiger partial charge in [0.25, 0.3) is 0 Å². The maximum Gasteiger partial charge on any atom is 0.142 e. The molecule has 0 amide bonds. The summed E-state index contributed by atoms with van der Waals surface area (Å²) in [7, 11) is 0. The molecule has 1 fully saturated rings. The van der Waals surface area contributed by atoms with E-state index in [2.05, 4.69) is 30.4 Å². The van der Waals surface area contributed by atoms with E-state index in [-0.39, 0.29) is 0 Å². The normalized spacial score (nSPS) is 15.9. The third kappa shape index (κ3) is 2.44. The van der Waals surface area contributed by atoms with Gasteiger partial charge in [0.05, 0.1) is 12.3 Å². The SMILES string of the molecule is CCOc1cc(C)ccc1NC1CCC1. The van der Waals surface area contributed by atoms with Crippen LogP contribution in [0.3, 0.4) is 0 Å². The second kappa shape index (κ2) is 4.56. The quantitative estimate of drug-likeness (QED) is 0.813. The first-order valence-corrected chi connectivity index (χ1v) is 5.79. The highest BCUT2D eigenvalue weighted by molar-refractivity contribution is 5.58. The lowest BCUT2D eigenvalue weighted by atomic mass is 9.93. The van der Waals surface area contributed by atoms with Crippen LogP contribution in [0.25, 0.3) is 0 Å². The summed E-state index contributed by atoms with van der Waals surface area (Å²) in [5.74, 6) is 0.990. The molecule has 0 spiro atoms. The largest absolute Gasteiger partial charge is 0.492 e. The summed E-state index contributed by atoms with van der Waals surface area (Å²) >= 11 is 0. The van der Waals surface area contributed by atoms with Gasteiger partial charge in [-0.3, -0.25) is 0 Å². The summed E-state index contributed by atoms with van der Waals surface area (Å²) in [5.41, 5.74) is 2.39. The molecule has 0 heterocycles. The number of anilines is 1. The van der Waals surface area contributed by atoms with Crippen molar-refractivity contribution in [1.29, 1.82) is 0 Å². The number of rotatable bonds is 4. The van der Waals surface area contributed by atoms with Crippen molar-refractivity contribution in [3.63, 3.8) is 0 Å². The topological polar surface area (TPSA) is 21.3 Å². The van der Waals surface area contributed by atoms with Gasteiger partial charge in [-0.1, -0.05) is 6.07 Å². The van der Waals surface area contributed by atoms with E-state index in [1.165, 1.54) is 24.8 Å². The lowest BCUT2D eigenvalue weighted by Gasteiger charge is -2.28. The Morgan fingerprint density at radius 2 is 2.20 bits per heavy atom. The summed E-state index contributed by atoms with van der Waals surface area (Å²) in [4.78, 5) is 0. The Kier molecular flexibility index (Phi) is 3.14. The standard InChI is InChI=1S/C13H19NO/c1-3-15-13-9-10(2)7-8-12(13)14-11-5-4-6-11/h7-9,11,14H,3-6H2,1-2H3. The van der Waals surface area contributed by atoms with Crippen molar-refractivity contribution in [3.05, 3.63) is 23.8 Å². The minimum Gasteiger partial charge on any atom is -0.492 e. The molecule has 1 saturated carbocycles. The molecule has 82 valence electrons. The van der Waals surface area contributed by atoms with Gasteiger partial charge in [-0.05, 0) is 50.8 Å². The molecule has 0 radical (unpaired) electrons. The van der Waals surface area contributed by atoms with Crippen molar-refractivity contribution in [2.75, 3.05) is 11.9 Å². The van der Waals surface area contributed by atoms with Gasteiger partial charge in [0, 0.05) is 6.04 Å². The highest BCUT2D eigenvalue weighted by Crippen LogP contribution is 2.30. The summed E-state index contributed by atoms with van der Waals surface area (Å²) in [6.07, 6.45) is 3.94. The molecule has 1 N–H and O–H groups in total. The first kappa shape index (κ1) is 10.3. The molecule has 2 nitrogen and oxygen atoms in total. The lowest BCUT2D eigenvalue weighted by molar-refractivity contribution is 0.340. The zero-order valence-corrected chi connectivity index (χ0v) is 9.55. The van der Waals surface area contributed by atoms with Gasteiger partial charge in [-0.25, -0.2) is 0 Å². The minimum absolute atomic E-state index is 0.659. The smallest absolute Gasteiger partial charge is 0.142 e. The predicted octanol–water partition coefficient (Wildman–Crippen LogP) is 3.36. The summed E-state index contributed by atoms with van der Waals surface area (Å²) in [6, 6.07) is 7.01. The maximum absolute atomic E-state index is 5.62. The zero-order valence-electron chi connectivity index (χ0n) is 9.55. The van der Waals surface area contributed by atoms with Crippen LogP contribution in [-0.4, -0.2) is 12.6 Å². The summed E-state index contributed by atoms with van der Waals surface area (Å²) in [5, 5.41) is 3.53. The second-order valence-electron chi connectivity index (χ2n) is 4.20. The van der Waals surface area contributed by atoms with E-state index in [0.717, 1.165) is 18.0 Å². The van der Waals surface area contributed by atoms with Crippen molar-refractivity contribution in [1.82, 2.24) is 0 Å². The van der Waals surface area contributed by atoms with E-state index in [1.807, 2.05) is 6.92 Å². The van der Waals surface area contributed by atoms with Crippen molar-refractivity contribution in [3.8, 4) is 5.75 Å². The third-order valence-corrected chi connectivity index (χ3v) is 2.90. The fraction of sp³-hybridized carbons (Fsp3) is 0.538. The van der Waals surface area contributed by atoms with Crippen molar-refractivity contribution >= 4 is 5.69 Å². The fourth-order valence-electron chi connectivity index (χ4n) is 1.80. The highest BCUT2D eigenvalue weighted by atomic mass is 16.5. The number of nitrogens with one attached hydrogen (secondary N) is 1. The molecule has 2 rings (SSSR count). The number of benzene rings is 1. The van der Waals surface area contributed by atoms with Crippen LogP contribution in [0.5, 0.6) is 5.75 Å². The highest BCUT2D eigenvalue weighted by Gasteiger charge is 2.18. The van der Waals surface area contributed by atoms with Crippen molar-refractivity contribution in [2.45, 2.75) is 39.2 Å². The summed E-state index contributed by atoms with van der Waals surface area (Å²) in [6.45, 7) is 4.84. The van der Waals surface area contributed by atoms with Gasteiger partial charge < -0.3 is 10.1 Å². The minimum atomic E-state index is 0.659. The van der Waals surface area contributed by atoms with Gasteiger partial charge in [0.15, 0.2) is 0 Å². The van der Waals surface area contributed by atoms with Gasteiger partial charge >= 0.3 is 0 Å². The van der Waals surface area contributed by atoms with Gasteiger partial charge in [-0.2, -0.15) is 0 Å². The fourth-order valence-corrected chi connectivity index (χ4v) is 1.80. The van der Waals surface area contributed by atoms with E-state index in [0.29, 0.717) is 6.04 Å². The van der Waals surface area contributed by atoms with Crippen LogP contribution in [0.15, 0.2) is 18.2 Å². The van der Waals surface area contributed by atoms with Crippen molar-refractivity contribution < 1.29 is 4.74 Å². The Morgan fingerprint density at radius 1 is 1.40 bits per heavy atom. The van der Waals surface area contributed by atoms with Crippen LogP contribution in [-0.2, 0) is 0 Å².